The fraction of sp³-hybridized carbons (Fsp3) is 0.423. The Balaban J connectivity index is 1.38. The fourth-order valence-corrected chi connectivity index (χ4v) is 5.55. The zero-order valence-corrected chi connectivity index (χ0v) is 20.5. The Morgan fingerprint density at radius 2 is 2.06 bits per heavy atom. The normalized spacial score (nSPS) is 16.8. The molecule has 186 valence electrons. The Hall–Kier alpha value is -2.75. The van der Waals surface area contributed by atoms with Crippen molar-refractivity contribution in [1.82, 2.24) is 14.9 Å². The Morgan fingerprint density at radius 1 is 1.26 bits per heavy atom. The monoisotopic (exact) mass is 499 g/mol. The standard InChI is InChI=1S/C26H30FN3O4S/c1-34-18-5-6-21-19(16-18)24(20(27)17-29-21)22(31)7-8-26(25(32)33)9-12-30(13-10-26)14-15-35-23-4-2-3-11-28-23/h2-6,11,16-17,22,31H,7-10,12-15H2,1H3,(H,32,33). The number of benzene rings is 1. The first-order valence-electron chi connectivity index (χ1n) is 11.7. The molecular formula is C26H30FN3O4S. The summed E-state index contributed by atoms with van der Waals surface area (Å²) >= 11 is 1.69. The lowest BCUT2D eigenvalue weighted by Crippen LogP contribution is -2.45. The maximum atomic E-state index is 14.7. The first-order valence-corrected chi connectivity index (χ1v) is 12.7. The molecule has 3 heterocycles. The molecule has 2 N–H and O–H groups in total. The number of aliphatic hydroxyl groups is 1. The molecule has 4 rings (SSSR count). The number of aliphatic hydroxyl groups excluding tert-OH is 1. The molecule has 0 saturated carbocycles. The number of carboxylic acid groups (broad SMARTS) is 1. The highest BCUT2D eigenvalue weighted by atomic mass is 32.2. The largest absolute Gasteiger partial charge is 0.497 e. The Morgan fingerprint density at radius 3 is 2.74 bits per heavy atom. The summed E-state index contributed by atoms with van der Waals surface area (Å²) in [5.74, 6) is -0.0427. The van der Waals surface area contributed by atoms with E-state index < -0.39 is 23.3 Å². The number of likely N-dealkylation sites (tertiary alicyclic amines) is 1. The molecule has 0 amide bonds. The molecule has 0 bridgehead atoms. The molecule has 0 aliphatic carbocycles. The van der Waals surface area contributed by atoms with Gasteiger partial charge < -0.3 is 19.8 Å². The number of carboxylic acids is 1. The molecule has 1 atom stereocenters. The molecule has 9 heteroatoms. The van der Waals surface area contributed by atoms with E-state index in [1.165, 1.54) is 7.11 Å². The van der Waals surface area contributed by atoms with E-state index in [-0.39, 0.29) is 18.4 Å². The first kappa shape index (κ1) is 25.3. The van der Waals surface area contributed by atoms with Crippen LogP contribution in [0.5, 0.6) is 5.75 Å². The summed E-state index contributed by atoms with van der Waals surface area (Å²) < 4.78 is 20.0. The van der Waals surface area contributed by atoms with Crippen LogP contribution in [-0.4, -0.2) is 63.5 Å². The minimum Gasteiger partial charge on any atom is -0.497 e. The highest BCUT2D eigenvalue weighted by Crippen LogP contribution is 2.40. The van der Waals surface area contributed by atoms with Gasteiger partial charge >= 0.3 is 5.97 Å². The van der Waals surface area contributed by atoms with E-state index in [9.17, 15) is 19.4 Å². The van der Waals surface area contributed by atoms with Crippen LogP contribution in [0.25, 0.3) is 10.9 Å². The average molecular weight is 500 g/mol. The number of pyridine rings is 2. The van der Waals surface area contributed by atoms with Gasteiger partial charge in [0.1, 0.15) is 11.6 Å². The summed E-state index contributed by atoms with van der Waals surface area (Å²) in [5.41, 5.74) is -0.243. The second-order valence-electron chi connectivity index (χ2n) is 8.90. The van der Waals surface area contributed by atoms with Crippen LogP contribution >= 0.6 is 11.8 Å². The topological polar surface area (TPSA) is 95.8 Å². The number of thioether (sulfide) groups is 1. The molecule has 1 aromatic carbocycles. The highest BCUT2D eigenvalue weighted by molar-refractivity contribution is 7.99. The second kappa shape index (κ2) is 11.3. The zero-order chi connectivity index (χ0) is 24.8. The van der Waals surface area contributed by atoms with Gasteiger partial charge in [0.15, 0.2) is 0 Å². The average Bonchev–Trinajstić information content (AvgIpc) is 2.88. The van der Waals surface area contributed by atoms with Crippen LogP contribution in [0, 0.1) is 11.2 Å². The first-order chi connectivity index (χ1) is 16.9. The van der Waals surface area contributed by atoms with Crippen LogP contribution in [0.15, 0.2) is 53.8 Å². The van der Waals surface area contributed by atoms with E-state index in [4.69, 9.17) is 4.74 Å². The van der Waals surface area contributed by atoms with Gasteiger partial charge in [0.2, 0.25) is 0 Å². The van der Waals surface area contributed by atoms with Crippen molar-refractivity contribution < 1.29 is 24.1 Å². The van der Waals surface area contributed by atoms with Gasteiger partial charge in [-0.3, -0.25) is 9.78 Å². The molecule has 7 nitrogen and oxygen atoms in total. The van der Waals surface area contributed by atoms with Crippen molar-refractivity contribution in [2.24, 2.45) is 5.41 Å². The number of aromatic nitrogens is 2. The molecule has 1 fully saturated rings. The van der Waals surface area contributed by atoms with Crippen LogP contribution in [0.4, 0.5) is 4.39 Å². The molecule has 1 aliphatic heterocycles. The van der Waals surface area contributed by atoms with Gasteiger partial charge in [-0.2, -0.15) is 0 Å². The summed E-state index contributed by atoms with van der Waals surface area (Å²) in [6.07, 6.45) is 3.14. The smallest absolute Gasteiger partial charge is 0.309 e. The number of hydrogen-bond acceptors (Lipinski definition) is 7. The van der Waals surface area contributed by atoms with Crippen LogP contribution in [0.1, 0.15) is 37.4 Å². The van der Waals surface area contributed by atoms with Crippen molar-refractivity contribution in [2.45, 2.75) is 36.8 Å². The van der Waals surface area contributed by atoms with Crippen molar-refractivity contribution in [3.8, 4) is 5.75 Å². The molecule has 1 aliphatic rings. The van der Waals surface area contributed by atoms with Gasteiger partial charge in [-0.1, -0.05) is 6.07 Å². The number of piperidine rings is 1. The number of nitrogens with zero attached hydrogens (tertiary/aromatic N) is 3. The van der Waals surface area contributed by atoms with E-state index in [1.807, 2.05) is 18.2 Å². The molecule has 1 saturated heterocycles. The minimum absolute atomic E-state index is 0.137. The van der Waals surface area contributed by atoms with E-state index in [1.54, 1.807) is 36.2 Å². The summed E-state index contributed by atoms with van der Waals surface area (Å²) in [6.45, 7) is 2.21. The van der Waals surface area contributed by atoms with Crippen molar-refractivity contribution in [1.29, 1.82) is 0 Å². The zero-order valence-electron chi connectivity index (χ0n) is 19.7. The third kappa shape index (κ3) is 5.91. The Bertz CT molecular complexity index is 1160. The quantitative estimate of drug-likeness (QED) is 0.392. The molecule has 2 aromatic heterocycles. The summed E-state index contributed by atoms with van der Waals surface area (Å²) in [6, 6.07) is 10.9. The van der Waals surface area contributed by atoms with Crippen molar-refractivity contribution in [3.63, 3.8) is 0 Å². The van der Waals surface area contributed by atoms with Crippen LogP contribution < -0.4 is 4.74 Å². The Kier molecular flexibility index (Phi) is 8.20. The van der Waals surface area contributed by atoms with Crippen LogP contribution in [0.3, 0.4) is 0 Å². The lowest BCUT2D eigenvalue weighted by molar-refractivity contribution is -0.153. The number of halogens is 1. The number of ether oxygens (including phenoxy) is 1. The van der Waals surface area contributed by atoms with Gasteiger partial charge in [-0.25, -0.2) is 9.37 Å². The summed E-state index contributed by atoms with van der Waals surface area (Å²) in [4.78, 5) is 23.0. The molecule has 1 unspecified atom stereocenters. The molecule has 0 radical (unpaired) electrons. The third-order valence-corrected chi connectivity index (χ3v) is 7.78. The molecular weight excluding hydrogens is 469 g/mol. The lowest BCUT2D eigenvalue weighted by atomic mass is 9.74. The minimum atomic E-state index is -1.14. The van der Waals surface area contributed by atoms with Crippen molar-refractivity contribution in [3.05, 3.63) is 60.2 Å². The molecule has 35 heavy (non-hydrogen) atoms. The SMILES string of the molecule is COc1ccc2ncc(F)c(C(O)CCC3(C(=O)O)CCN(CCSc4ccccn4)CC3)c2c1. The second-order valence-corrected chi connectivity index (χ2v) is 10.0. The van der Waals surface area contributed by atoms with Gasteiger partial charge in [0, 0.05) is 29.4 Å². The van der Waals surface area contributed by atoms with Gasteiger partial charge in [0.05, 0.1) is 35.4 Å². The predicted octanol–water partition coefficient (Wildman–Crippen LogP) is 4.55. The van der Waals surface area contributed by atoms with Gasteiger partial charge in [-0.15, -0.1) is 11.8 Å². The lowest BCUT2D eigenvalue weighted by Gasteiger charge is -2.39. The number of carbonyl (C=O) groups is 1. The Labute approximate surface area is 208 Å². The van der Waals surface area contributed by atoms with E-state index >= 15 is 0 Å². The number of rotatable bonds is 10. The van der Waals surface area contributed by atoms with Crippen molar-refractivity contribution in [2.75, 3.05) is 32.5 Å². The maximum absolute atomic E-state index is 14.7. The predicted molar refractivity (Wildman–Crippen MR) is 133 cm³/mol. The van der Waals surface area contributed by atoms with Crippen molar-refractivity contribution >= 4 is 28.6 Å². The number of fused-ring (bicyclic) bond motifs is 1. The van der Waals surface area contributed by atoms with Crippen LogP contribution in [0.2, 0.25) is 0 Å². The van der Waals surface area contributed by atoms with Crippen LogP contribution in [-0.2, 0) is 4.79 Å². The summed E-state index contributed by atoms with van der Waals surface area (Å²) in [5, 5.41) is 22.5. The van der Waals surface area contributed by atoms with E-state index in [2.05, 4.69) is 14.9 Å². The van der Waals surface area contributed by atoms with Gasteiger partial charge in [0.25, 0.3) is 0 Å². The number of aliphatic carboxylic acids is 1. The molecule has 3 aromatic rings. The maximum Gasteiger partial charge on any atom is 0.309 e. The summed E-state index contributed by atoms with van der Waals surface area (Å²) in [7, 11) is 1.52. The number of hydrogen-bond donors (Lipinski definition) is 2. The van der Waals surface area contributed by atoms with E-state index in [0.29, 0.717) is 42.6 Å². The number of methoxy groups -OCH3 is 1. The molecule has 0 spiro atoms. The highest BCUT2D eigenvalue weighted by Gasteiger charge is 2.41. The van der Waals surface area contributed by atoms with E-state index in [0.717, 1.165) is 23.5 Å². The third-order valence-electron chi connectivity index (χ3n) is 6.86. The van der Waals surface area contributed by atoms with Gasteiger partial charge in [-0.05, 0) is 69.1 Å². The fourth-order valence-electron chi connectivity index (χ4n) is 4.68.